The first-order valence-corrected chi connectivity index (χ1v) is 5.71. The molecule has 2 atom stereocenters. The van der Waals surface area contributed by atoms with Crippen LogP contribution in [-0.2, 0) is 6.54 Å². The molecule has 4 nitrogen and oxygen atoms in total. The summed E-state index contributed by atoms with van der Waals surface area (Å²) < 4.78 is 2.01. The van der Waals surface area contributed by atoms with Crippen LogP contribution < -0.4 is 5.32 Å². The Morgan fingerprint density at radius 1 is 1.73 bits per heavy atom. The Balaban J connectivity index is 2.08. The molecule has 0 amide bonds. The van der Waals surface area contributed by atoms with E-state index in [1.807, 2.05) is 4.57 Å². The quantitative estimate of drug-likeness (QED) is 0.779. The zero-order valence-corrected chi connectivity index (χ0v) is 9.19. The SMILES string of the molecule is CCn1cncc1C(O)C1CCCNC1. The first kappa shape index (κ1) is 10.6. The lowest BCUT2D eigenvalue weighted by atomic mass is 9.92. The largest absolute Gasteiger partial charge is 0.386 e. The van der Waals surface area contributed by atoms with E-state index in [9.17, 15) is 5.11 Å². The van der Waals surface area contributed by atoms with Crippen molar-refractivity contribution >= 4 is 0 Å². The molecule has 2 heterocycles. The lowest BCUT2D eigenvalue weighted by Crippen LogP contribution is -2.33. The van der Waals surface area contributed by atoms with Crippen molar-refractivity contribution in [2.75, 3.05) is 13.1 Å². The summed E-state index contributed by atoms with van der Waals surface area (Å²) in [5, 5.41) is 13.6. The van der Waals surface area contributed by atoms with E-state index >= 15 is 0 Å². The van der Waals surface area contributed by atoms with Gasteiger partial charge in [-0.1, -0.05) is 0 Å². The molecule has 1 saturated heterocycles. The van der Waals surface area contributed by atoms with Crippen LogP contribution in [0.4, 0.5) is 0 Å². The Hall–Kier alpha value is -0.870. The number of hydrogen-bond donors (Lipinski definition) is 2. The van der Waals surface area contributed by atoms with Crippen LogP contribution in [0, 0.1) is 5.92 Å². The molecule has 2 N–H and O–H groups in total. The zero-order chi connectivity index (χ0) is 10.7. The van der Waals surface area contributed by atoms with Gasteiger partial charge < -0.3 is 15.0 Å². The molecule has 15 heavy (non-hydrogen) atoms. The maximum atomic E-state index is 10.2. The van der Waals surface area contributed by atoms with Gasteiger partial charge in [-0.3, -0.25) is 0 Å². The Morgan fingerprint density at radius 3 is 3.27 bits per heavy atom. The molecule has 0 aliphatic carbocycles. The summed E-state index contributed by atoms with van der Waals surface area (Å²) in [5.41, 5.74) is 0.950. The number of aromatic nitrogens is 2. The number of aryl methyl sites for hydroxylation is 1. The summed E-state index contributed by atoms with van der Waals surface area (Å²) in [6.45, 7) is 4.93. The summed E-state index contributed by atoms with van der Waals surface area (Å²) in [7, 11) is 0. The van der Waals surface area contributed by atoms with E-state index in [1.54, 1.807) is 12.5 Å². The van der Waals surface area contributed by atoms with Crippen LogP contribution in [0.3, 0.4) is 0 Å². The fraction of sp³-hybridized carbons (Fsp3) is 0.727. The number of nitrogens with zero attached hydrogens (tertiary/aromatic N) is 2. The van der Waals surface area contributed by atoms with Gasteiger partial charge in [-0.25, -0.2) is 4.98 Å². The Morgan fingerprint density at radius 2 is 2.60 bits per heavy atom. The molecule has 1 aromatic heterocycles. The maximum Gasteiger partial charge on any atom is 0.0995 e. The minimum Gasteiger partial charge on any atom is -0.386 e. The predicted molar refractivity (Wildman–Crippen MR) is 58.5 cm³/mol. The number of piperidine rings is 1. The van der Waals surface area contributed by atoms with E-state index in [2.05, 4.69) is 17.2 Å². The van der Waals surface area contributed by atoms with Crippen LogP contribution in [0.2, 0.25) is 0 Å². The second kappa shape index (κ2) is 4.77. The summed E-state index contributed by atoms with van der Waals surface area (Å²) in [4.78, 5) is 4.09. The lowest BCUT2D eigenvalue weighted by molar-refractivity contribution is 0.0851. The molecule has 2 unspecified atom stereocenters. The molecule has 0 saturated carbocycles. The molecular weight excluding hydrogens is 190 g/mol. The number of hydrogen-bond acceptors (Lipinski definition) is 3. The number of imidazole rings is 1. The fourth-order valence-electron chi connectivity index (χ4n) is 2.23. The third kappa shape index (κ3) is 2.21. The van der Waals surface area contributed by atoms with Crippen LogP contribution >= 0.6 is 0 Å². The minimum atomic E-state index is -0.375. The highest BCUT2D eigenvalue weighted by Crippen LogP contribution is 2.26. The van der Waals surface area contributed by atoms with Crippen LogP contribution in [0.5, 0.6) is 0 Å². The Kier molecular flexibility index (Phi) is 3.38. The van der Waals surface area contributed by atoms with Crippen molar-refractivity contribution in [3.8, 4) is 0 Å². The number of aliphatic hydroxyl groups excluding tert-OH is 1. The van der Waals surface area contributed by atoms with E-state index in [4.69, 9.17) is 0 Å². The average Bonchev–Trinajstić information content (AvgIpc) is 2.77. The van der Waals surface area contributed by atoms with Crippen molar-refractivity contribution in [2.45, 2.75) is 32.4 Å². The van der Waals surface area contributed by atoms with Crippen molar-refractivity contribution in [1.29, 1.82) is 0 Å². The fourth-order valence-corrected chi connectivity index (χ4v) is 2.23. The smallest absolute Gasteiger partial charge is 0.0995 e. The zero-order valence-electron chi connectivity index (χ0n) is 9.19. The highest BCUT2D eigenvalue weighted by Gasteiger charge is 2.24. The van der Waals surface area contributed by atoms with Gasteiger partial charge in [-0.2, -0.15) is 0 Å². The number of nitrogens with one attached hydrogen (secondary N) is 1. The Labute approximate surface area is 90.3 Å². The highest BCUT2D eigenvalue weighted by atomic mass is 16.3. The molecule has 0 spiro atoms. The third-order valence-corrected chi connectivity index (χ3v) is 3.17. The summed E-state index contributed by atoms with van der Waals surface area (Å²) >= 11 is 0. The van der Waals surface area contributed by atoms with E-state index in [1.165, 1.54) is 0 Å². The summed E-state index contributed by atoms with van der Waals surface area (Å²) in [6, 6.07) is 0. The van der Waals surface area contributed by atoms with Crippen molar-refractivity contribution in [2.24, 2.45) is 5.92 Å². The van der Waals surface area contributed by atoms with Gasteiger partial charge in [-0.05, 0) is 26.3 Å². The van der Waals surface area contributed by atoms with E-state index in [-0.39, 0.29) is 6.10 Å². The lowest BCUT2D eigenvalue weighted by Gasteiger charge is -2.27. The van der Waals surface area contributed by atoms with E-state index in [0.29, 0.717) is 5.92 Å². The van der Waals surface area contributed by atoms with Crippen molar-refractivity contribution < 1.29 is 5.11 Å². The second-order valence-electron chi connectivity index (χ2n) is 4.16. The number of aliphatic hydroxyl groups is 1. The van der Waals surface area contributed by atoms with E-state index in [0.717, 1.165) is 38.2 Å². The van der Waals surface area contributed by atoms with Gasteiger partial charge in [-0.15, -0.1) is 0 Å². The molecule has 0 aromatic carbocycles. The molecule has 1 aromatic rings. The van der Waals surface area contributed by atoms with Crippen LogP contribution in [0.1, 0.15) is 31.6 Å². The van der Waals surface area contributed by atoms with Gasteiger partial charge >= 0.3 is 0 Å². The first-order chi connectivity index (χ1) is 7.33. The van der Waals surface area contributed by atoms with Gasteiger partial charge in [0.15, 0.2) is 0 Å². The molecule has 0 bridgehead atoms. The molecular formula is C11H19N3O. The predicted octanol–water partition coefficient (Wildman–Crippen LogP) is 0.936. The van der Waals surface area contributed by atoms with Crippen LogP contribution in [0.25, 0.3) is 0 Å². The van der Waals surface area contributed by atoms with E-state index < -0.39 is 0 Å². The summed E-state index contributed by atoms with van der Waals surface area (Å²) in [6.07, 6.45) is 5.45. The molecule has 2 rings (SSSR count). The van der Waals surface area contributed by atoms with Gasteiger partial charge in [0.05, 0.1) is 24.3 Å². The van der Waals surface area contributed by atoms with Gasteiger partial charge in [0.25, 0.3) is 0 Å². The van der Waals surface area contributed by atoms with Gasteiger partial charge in [0.2, 0.25) is 0 Å². The number of rotatable bonds is 3. The highest BCUT2D eigenvalue weighted by molar-refractivity contribution is 5.04. The maximum absolute atomic E-state index is 10.2. The second-order valence-corrected chi connectivity index (χ2v) is 4.16. The molecule has 84 valence electrons. The molecule has 1 aliphatic rings. The first-order valence-electron chi connectivity index (χ1n) is 5.71. The van der Waals surface area contributed by atoms with Crippen LogP contribution in [-0.4, -0.2) is 27.7 Å². The summed E-state index contributed by atoms with van der Waals surface area (Å²) in [5.74, 6) is 0.334. The van der Waals surface area contributed by atoms with Crippen molar-refractivity contribution in [1.82, 2.24) is 14.9 Å². The molecule has 4 heteroatoms. The van der Waals surface area contributed by atoms with Gasteiger partial charge in [0, 0.05) is 19.0 Å². The standard InChI is InChI=1S/C11H19N3O/c1-2-14-8-13-7-10(14)11(15)9-4-3-5-12-6-9/h7-9,11-12,15H,2-6H2,1H3. The molecule has 1 fully saturated rings. The van der Waals surface area contributed by atoms with Crippen molar-refractivity contribution in [3.63, 3.8) is 0 Å². The van der Waals surface area contributed by atoms with Gasteiger partial charge in [0.1, 0.15) is 0 Å². The monoisotopic (exact) mass is 209 g/mol. The Bertz CT molecular complexity index is 305. The van der Waals surface area contributed by atoms with Crippen LogP contribution in [0.15, 0.2) is 12.5 Å². The normalized spacial score (nSPS) is 24.0. The minimum absolute atomic E-state index is 0.334. The third-order valence-electron chi connectivity index (χ3n) is 3.17. The average molecular weight is 209 g/mol. The topological polar surface area (TPSA) is 50.1 Å². The molecule has 0 radical (unpaired) electrons. The van der Waals surface area contributed by atoms with Crippen molar-refractivity contribution in [3.05, 3.63) is 18.2 Å². The molecule has 1 aliphatic heterocycles.